The molecule has 0 spiro atoms. The zero-order chi connectivity index (χ0) is 23.5. The Morgan fingerprint density at radius 3 is 2.36 bits per heavy atom. The number of anilines is 1. The summed E-state index contributed by atoms with van der Waals surface area (Å²) in [4.78, 5) is 12.6. The van der Waals surface area contributed by atoms with Crippen molar-refractivity contribution in [2.45, 2.75) is 50.5 Å². The SMILES string of the molecule is C=C(NC12CC3CC(CC1C3)C2)C(F)(F)c1cc(C(=O)Nc2ccc(F)c(C)c2)ccc1F. The fourth-order valence-corrected chi connectivity index (χ4v) is 6.37. The molecule has 3 nitrogen and oxygen atoms in total. The van der Waals surface area contributed by atoms with Gasteiger partial charge in [0.2, 0.25) is 0 Å². The molecule has 2 aromatic rings. The highest BCUT2D eigenvalue weighted by atomic mass is 19.3. The number of amides is 1. The van der Waals surface area contributed by atoms with Gasteiger partial charge in [0, 0.05) is 16.8 Å². The minimum Gasteiger partial charge on any atom is -0.378 e. The van der Waals surface area contributed by atoms with Crippen LogP contribution in [0, 0.1) is 36.3 Å². The minimum absolute atomic E-state index is 0.125. The van der Waals surface area contributed by atoms with Gasteiger partial charge in [-0.25, -0.2) is 8.78 Å². The van der Waals surface area contributed by atoms with Crippen molar-refractivity contribution in [2.24, 2.45) is 17.8 Å². The van der Waals surface area contributed by atoms with E-state index in [2.05, 4.69) is 17.2 Å². The van der Waals surface area contributed by atoms with Gasteiger partial charge in [0.25, 0.3) is 5.91 Å². The maximum atomic E-state index is 15.4. The standard InChI is InChI=1S/C26H26F4N2O/c1-14-7-20(4-6-22(14)27)31-24(33)18-3-5-23(28)21(11-18)26(29,30)15(2)32-25-12-16-8-17(13-25)10-19(25)9-16/h3-7,11,16-17,19,32H,2,8-10,12-13H2,1H3,(H,31,33). The van der Waals surface area contributed by atoms with E-state index in [1.807, 2.05) is 0 Å². The molecule has 2 N–H and O–H groups in total. The number of aryl methyl sites for hydroxylation is 1. The van der Waals surface area contributed by atoms with E-state index < -0.39 is 34.7 Å². The molecule has 0 radical (unpaired) electrons. The summed E-state index contributed by atoms with van der Waals surface area (Å²) in [5.74, 6) is -4.43. The lowest BCUT2D eigenvalue weighted by atomic mass is 9.80. The van der Waals surface area contributed by atoms with Crippen LogP contribution in [0.3, 0.4) is 0 Å². The molecule has 4 bridgehead atoms. The number of hydrogen-bond donors (Lipinski definition) is 2. The average Bonchev–Trinajstić information content (AvgIpc) is 3.13. The van der Waals surface area contributed by atoms with E-state index in [0.29, 0.717) is 29.0 Å². The van der Waals surface area contributed by atoms with Crippen molar-refractivity contribution >= 4 is 11.6 Å². The maximum absolute atomic E-state index is 15.4. The normalized spacial score (nSPS) is 27.6. The summed E-state index contributed by atoms with van der Waals surface area (Å²) >= 11 is 0. The van der Waals surface area contributed by atoms with Gasteiger partial charge in [0.1, 0.15) is 11.6 Å². The molecule has 2 unspecified atom stereocenters. The summed E-state index contributed by atoms with van der Waals surface area (Å²) in [6.07, 6.45) is 4.98. The number of carbonyl (C=O) groups excluding carboxylic acids is 1. The number of hydrogen-bond acceptors (Lipinski definition) is 2. The molecular formula is C26H26F4N2O. The molecule has 4 saturated carbocycles. The number of rotatable bonds is 6. The molecule has 4 aliphatic rings. The van der Waals surface area contributed by atoms with E-state index in [9.17, 15) is 13.6 Å². The van der Waals surface area contributed by atoms with Crippen LogP contribution in [-0.2, 0) is 5.92 Å². The Morgan fingerprint density at radius 1 is 1.03 bits per heavy atom. The predicted octanol–water partition coefficient (Wildman–Crippen LogP) is 6.30. The first-order valence-corrected chi connectivity index (χ1v) is 11.3. The number of halogens is 4. The topological polar surface area (TPSA) is 41.1 Å². The molecule has 4 fully saturated rings. The van der Waals surface area contributed by atoms with Crippen molar-refractivity contribution in [2.75, 3.05) is 5.32 Å². The number of benzene rings is 2. The molecule has 4 aliphatic carbocycles. The zero-order valence-electron chi connectivity index (χ0n) is 18.4. The lowest BCUT2D eigenvalue weighted by molar-refractivity contribution is 0.0193. The van der Waals surface area contributed by atoms with E-state index in [-0.39, 0.29) is 11.1 Å². The van der Waals surface area contributed by atoms with Crippen molar-refractivity contribution in [1.82, 2.24) is 5.32 Å². The summed E-state index contributed by atoms with van der Waals surface area (Å²) in [5.41, 5.74) is -1.28. The van der Waals surface area contributed by atoms with Crippen LogP contribution in [0.2, 0.25) is 0 Å². The molecular weight excluding hydrogens is 432 g/mol. The van der Waals surface area contributed by atoms with Gasteiger partial charge in [0.05, 0.1) is 11.3 Å². The van der Waals surface area contributed by atoms with Crippen LogP contribution in [0.15, 0.2) is 48.7 Å². The molecule has 33 heavy (non-hydrogen) atoms. The number of nitrogens with one attached hydrogen (secondary N) is 2. The molecule has 0 aromatic heterocycles. The molecule has 2 aromatic carbocycles. The third-order valence-corrected chi connectivity index (χ3v) is 7.75. The zero-order valence-corrected chi connectivity index (χ0v) is 18.4. The van der Waals surface area contributed by atoms with Crippen molar-refractivity contribution < 1.29 is 22.4 Å². The summed E-state index contributed by atoms with van der Waals surface area (Å²) in [5, 5.41) is 5.57. The number of alkyl halides is 2. The first-order valence-electron chi connectivity index (χ1n) is 11.3. The lowest BCUT2D eigenvalue weighted by Crippen LogP contribution is -2.48. The van der Waals surface area contributed by atoms with Gasteiger partial charge in [-0.1, -0.05) is 6.58 Å². The van der Waals surface area contributed by atoms with Crippen LogP contribution in [0.1, 0.15) is 53.6 Å². The Labute approximate surface area is 190 Å². The van der Waals surface area contributed by atoms with Gasteiger partial charge in [0.15, 0.2) is 0 Å². The van der Waals surface area contributed by atoms with E-state index >= 15 is 8.78 Å². The molecule has 0 saturated heterocycles. The number of allylic oxidation sites excluding steroid dienone is 1. The second kappa shape index (κ2) is 7.61. The Hall–Kier alpha value is -2.83. The average molecular weight is 458 g/mol. The van der Waals surface area contributed by atoms with E-state index in [0.717, 1.165) is 43.9 Å². The Balaban J connectivity index is 1.37. The summed E-state index contributed by atoms with van der Waals surface area (Å²) in [6, 6.07) is 6.88. The van der Waals surface area contributed by atoms with E-state index in [4.69, 9.17) is 0 Å². The van der Waals surface area contributed by atoms with Crippen molar-refractivity contribution in [3.05, 3.63) is 77.0 Å². The van der Waals surface area contributed by atoms with Gasteiger partial charge in [-0.05, 0) is 98.7 Å². The minimum atomic E-state index is -3.69. The molecule has 1 amide bonds. The largest absolute Gasteiger partial charge is 0.378 e. The molecule has 7 heteroatoms. The van der Waals surface area contributed by atoms with Crippen LogP contribution in [0.25, 0.3) is 0 Å². The van der Waals surface area contributed by atoms with Crippen LogP contribution in [0.5, 0.6) is 0 Å². The predicted molar refractivity (Wildman–Crippen MR) is 118 cm³/mol. The van der Waals surface area contributed by atoms with E-state index in [1.54, 1.807) is 6.92 Å². The Kier molecular flexibility index (Phi) is 5.07. The molecule has 0 heterocycles. The summed E-state index contributed by atoms with van der Waals surface area (Å²) in [6.45, 7) is 5.14. The summed E-state index contributed by atoms with van der Waals surface area (Å²) < 4.78 is 58.8. The van der Waals surface area contributed by atoms with Crippen molar-refractivity contribution in [1.29, 1.82) is 0 Å². The molecule has 2 atom stereocenters. The highest BCUT2D eigenvalue weighted by Gasteiger charge is 2.59. The second-order valence-electron chi connectivity index (χ2n) is 9.99. The molecule has 174 valence electrons. The van der Waals surface area contributed by atoms with E-state index in [1.165, 1.54) is 24.6 Å². The fourth-order valence-electron chi connectivity index (χ4n) is 6.37. The third-order valence-electron chi connectivity index (χ3n) is 7.75. The van der Waals surface area contributed by atoms with Crippen molar-refractivity contribution in [3.63, 3.8) is 0 Å². The Bertz CT molecular complexity index is 1130. The quantitative estimate of drug-likeness (QED) is 0.499. The molecule has 6 rings (SSSR count). The first kappa shape index (κ1) is 22.0. The maximum Gasteiger partial charge on any atom is 0.314 e. The fraction of sp³-hybridized carbons (Fsp3) is 0.423. The summed E-state index contributed by atoms with van der Waals surface area (Å²) in [7, 11) is 0. The van der Waals surface area contributed by atoms with Gasteiger partial charge in [-0.2, -0.15) is 8.78 Å². The van der Waals surface area contributed by atoms with Crippen molar-refractivity contribution in [3.8, 4) is 0 Å². The Morgan fingerprint density at radius 2 is 1.70 bits per heavy atom. The monoisotopic (exact) mass is 458 g/mol. The van der Waals surface area contributed by atoms with Crippen LogP contribution in [-0.4, -0.2) is 11.4 Å². The van der Waals surface area contributed by atoms with Crippen LogP contribution in [0.4, 0.5) is 23.2 Å². The lowest BCUT2D eigenvalue weighted by Gasteiger charge is -2.37. The van der Waals surface area contributed by atoms with Gasteiger partial charge in [-0.3, -0.25) is 4.79 Å². The van der Waals surface area contributed by atoms with Crippen LogP contribution >= 0.6 is 0 Å². The van der Waals surface area contributed by atoms with Crippen LogP contribution < -0.4 is 10.6 Å². The highest BCUT2D eigenvalue weighted by Crippen LogP contribution is 2.61. The molecule has 0 aliphatic heterocycles. The first-order chi connectivity index (χ1) is 15.6. The van der Waals surface area contributed by atoms with Gasteiger partial charge < -0.3 is 10.6 Å². The van der Waals surface area contributed by atoms with Gasteiger partial charge >= 0.3 is 5.92 Å². The third kappa shape index (κ3) is 3.71. The smallest absolute Gasteiger partial charge is 0.314 e. The van der Waals surface area contributed by atoms with Gasteiger partial charge in [-0.15, -0.1) is 0 Å². The second-order valence-corrected chi connectivity index (χ2v) is 9.99. The number of carbonyl (C=O) groups is 1. The highest BCUT2D eigenvalue weighted by molar-refractivity contribution is 6.04.